The molecule has 1 aromatic rings. The Balaban J connectivity index is 1.48. The molecule has 4 nitrogen and oxygen atoms in total. The van der Waals surface area contributed by atoms with Crippen LogP contribution in [0.3, 0.4) is 0 Å². The van der Waals surface area contributed by atoms with Crippen LogP contribution in [0.25, 0.3) is 0 Å². The van der Waals surface area contributed by atoms with E-state index in [9.17, 15) is 9.59 Å². The Kier molecular flexibility index (Phi) is 4.90. The highest BCUT2D eigenvalue weighted by Crippen LogP contribution is 2.46. The van der Waals surface area contributed by atoms with Crippen molar-refractivity contribution in [2.24, 2.45) is 5.41 Å². The molecule has 124 valence electrons. The van der Waals surface area contributed by atoms with Crippen molar-refractivity contribution in [1.82, 2.24) is 10.6 Å². The van der Waals surface area contributed by atoms with Crippen LogP contribution in [-0.2, 0) is 16.0 Å². The molecule has 0 aromatic heterocycles. The first-order valence-electron chi connectivity index (χ1n) is 8.44. The number of carbonyl (C=O) groups is 2. The van der Waals surface area contributed by atoms with Gasteiger partial charge in [-0.2, -0.15) is 0 Å². The lowest BCUT2D eigenvalue weighted by Gasteiger charge is -2.18. The molecule has 0 saturated heterocycles. The summed E-state index contributed by atoms with van der Waals surface area (Å²) >= 11 is 5.95. The van der Waals surface area contributed by atoms with E-state index in [-0.39, 0.29) is 17.9 Å². The second kappa shape index (κ2) is 6.91. The molecular weight excluding hydrogens is 312 g/mol. The molecule has 0 radical (unpaired) electrons. The van der Waals surface area contributed by atoms with E-state index in [1.165, 1.54) is 12.8 Å². The first-order chi connectivity index (χ1) is 11.1. The highest BCUT2D eigenvalue weighted by atomic mass is 35.5. The minimum atomic E-state index is -0.809. The molecule has 2 aliphatic rings. The molecule has 1 aromatic carbocycles. The molecule has 0 atom stereocenters. The number of amides is 2. The molecular formula is C18H23ClN2O2. The molecule has 2 saturated carbocycles. The molecule has 2 amide bonds. The summed E-state index contributed by atoms with van der Waals surface area (Å²) in [5.41, 5.74) is 0.273. The molecule has 0 bridgehead atoms. The van der Waals surface area contributed by atoms with Gasteiger partial charge in [-0.05, 0) is 49.8 Å². The Morgan fingerprint density at radius 2 is 1.91 bits per heavy atom. The smallest absolute Gasteiger partial charge is 0.235 e. The summed E-state index contributed by atoms with van der Waals surface area (Å²) in [6.07, 6.45) is 6.46. The van der Waals surface area contributed by atoms with Crippen LogP contribution in [-0.4, -0.2) is 24.4 Å². The topological polar surface area (TPSA) is 58.2 Å². The standard InChI is InChI=1S/C18H23ClN2O2/c19-14-5-3-4-13(12-14)8-11-20-16(22)18(9-10-18)17(23)21-15-6-1-2-7-15/h3-5,12,15H,1-2,6-11H2,(H,20,22)(H,21,23). The number of hydrogen-bond donors (Lipinski definition) is 2. The van der Waals surface area contributed by atoms with E-state index in [0.717, 1.165) is 18.4 Å². The maximum Gasteiger partial charge on any atom is 0.235 e. The molecule has 0 heterocycles. The summed E-state index contributed by atoms with van der Waals surface area (Å²) in [7, 11) is 0. The Bertz CT molecular complexity index is 592. The van der Waals surface area contributed by atoms with Gasteiger partial charge in [-0.1, -0.05) is 36.6 Å². The van der Waals surface area contributed by atoms with Crippen LogP contribution in [0, 0.1) is 5.41 Å². The van der Waals surface area contributed by atoms with Gasteiger partial charge >= 0.3 is 0 Å². The minimum Gasteiger partial charge on any atom is -0.355 e. The molecule has 2 N–H and O–H groups in total. The number of halogens is 1. The van der Waals surface area contributed by atoms with Crippen LogP contribution in [0.2, 0.25) is 5.02 Å². The number of hydrogen-bond acceptors (Lipinski definition) is 2. The quantitative estimate of drug-likeness (QED) is 0.786. The van der Waals surface area contributed by atoms with Crippen LogP contribution in [0.1, 0.15) is 44.1 Å². The first kappa shape index (κ1) is 16.3. The van der Waals surface area contributed by atoms with Gasteiger partial charge in [-0.3, -0.25) is 9.59 Å². The third-order valence-electron chi connectivity index (χ3n) is 4.90. The molecule has 23 heavy (non-hydrogen) atoms. The van der Waals surface area contributed by atoms with Crippen LogP contribution in [0.5, 0.6) is 0 Å². The van der Waals surface area contributed by atoms with Crippen molar-refractivity contribution >= 4 is 23.4 Å². The van der Waals surface area contributed by atoms with Crippen LogP contribution in [0.4, 0.5) is 0 Å². The normalized spacial score (nSPS) is 19.3. The molecule has 2 fully saturated rings. The third-order valence-corrected chi connectivity index (χ3v) is 5.13. The van der Waals surface area contributed by atoms with Gasteiger partial charge in [0, 0.05) is 17.6 Å². The molecule has 0 aliphatic heterocycles. The Morgan fingerprint density at radius 3 is 2.57 bits per heavy atom. The van der Waals surface area contributed by atoms with Crippen LogP contribution >= 0.6 is 11.6 Å². The highest BCUT2D eigenvalue weighted by molar-refractivity contribution is 6.30. The molecule has 3 rings (SSSR count). The maximum atomic E-state index is 12.4. The number of rotatable bonds is 6. The van der Waals surface area contributed by atoms with Crippen molar-refractivity contribution < 1.29 is 9.59 Å². The van der Waals surface area contributed by atoms with Crippen LogP contribution < -0.4 is 10.6 Å². The van der Waals surface area contributed by atoms with Gasteiger partial charge in [0.05, 0.1) is 0 Å². The molecule has 0 unspecified atom stereocenters. The van der Waals surface area contributed by atoms with Crippen molar-refractivity contribution in [2.75, 3.05) is 6.54 Å². The van der Waals surface area contributed by atoms with Gasteiger partial charge < -0.3 is 10.6 Å². The van der Waals surface area contributed by atoms with E-state index in [1.54, 1.807) is 0 Å². The number of nitrogens with one attached hydrogen (secondary N) is 2. The Labute approximate surface area is 142 Å². The van der Waals surface area contributed by atoms with E-state index in [4.69, 9.17) is 11.6 Å². The van der Waals surface area contributed by atoms with Crippen molar-refractivity contribution in [2.45, 2.75) is 51.0 Å². The van der Waals surface area contributed by atoms with Gasteiger partial charge in [-0.25, -0.2) is 0 Å². The first-order valence-corrected chi connectivity index (χ1v) is 8.82. The molecule has 0 spiro atoms. The fraction of sp³-hybridized carbons (Fsp3) is 0.556. The summed E-state index contributed by atoms with van der Waals surface area (Å²) < 4.78 is 0. The minimum absolute atomic E-state index is 0.0790. The lowest BCUT2D eigenvalue weighted by molar-refractivity contribution is -0.137. The van der Waals surface area contributed by atoms with Gasteiger partial charge in [0.15, 0.2) is 0 Å². The van der Waals surface area contributed by atoms with Crippen LogP contribution in [0.15, 0.2) is 24.3 Å². The summed E-state index contributed by atoms with van der Waals surface area (Å²) in [6, 6.07) is 7.87. The zero-order valence-corrected chi connectivity index (χ0v) is 14.0. The third kappa shape index (κ3) is 3.86. The number of benzene rings is 1. The van der Waals surface area contributed by atoms with E-state index in [1.807, 2.05) is 24.3 Å². The van der Waals surface area contributed by atoms with Gasteiger partial charge in [0.1, 0.15) is 5.41 Å². The second-order valence-corrected chi connectivity index (χ2v) is 7.11. The summed E-state index contributed by atoms with van der Waals surface area (Å²) in [5, 5.41) is 6.67. The second-order valence-electron chi connectivity index (χ2n) is 6.67. The fourth-order valence-electron chi connectivity index (χ4n) is 3.26. The average Bonchev–Trinajstić information content (AvgIpc) is 3.20. The monoisotopic (exact) mass is 334 g/mol. The maximum absolute atomic E-state index is 12.4. The summed E-state index contributed by atoms with van der Waals surface area (Å²) in [5.74, 6) is -0.209. The lowest BCUT2D eigenvalue weighted by atomic mass is 10.0. The van der Waals surface area contributed by atoms with E-state index >= 15 is 0 Å². The molecule has 2 aliphatic carbocycles. The largest absolute Gasteiger partial charge is 0.355 e. The van der Waals surface area contributed by atoms with E-state index in [2.05, 4.69) is 10.6 Å². The summed E-state index contributed by atoms with van der Waals surface area (Å²) in [6.45, 7) is 0.525. The van der Waals surface area contributed by atoms with Crippen molar-refractivity contribution in [3.05, 3.63) is 34.9 Å². The number of carbonyl (C=O) groups excluding carboxylic acids is 2. The zero-order valence-electron chi connectivity index (χ0n) is 13.2. The highest BCUT2D eigenvalue weighted by Gasteiger charge is 2.56. The van der Waals surface area contributed by atoms with Gasteiger partial charge in [-0.15, -0.1) is 0 Å². The SMILES string of the molecule is O=C(NCCc1cccc(Cl)c1)C1(C(=O)NC2CCCC2)CC1. The fourth-order valence-corrected chi connectivity index (χ4v) is 3.47. The van der Waals surface area contributed by atoms with Crippen molar-refractivity contribution in [3.63, 3.8) is 0 Å². The summed E-state index contributed by atoms with van der Waals surface area (Å²) in [4.78, 5) is 24.8. The predicted molar refractivity (Wildman–Crippen MR) is 90.2 cm³/mol. The zero-order chi connectivity index (χ0) is 16.3. The van der Waals surface area contributed by atoms with Crippen molar-refractivity contribution in [1.29, 1.82) is 0 Å². The van der Waals surface area contributed by atoms with Gasteiger partial charge in [0.2, 0.25) is 11.8 Å². The van der Waals surface area contributed by atoms with E-state index < -0.39 is 5.41 Å². The molecule has 5 heteroatoms. The average molecular weight is 335 g/mol. The van der Waals surface area contributed by atoms with E-state index in [0.29, 0.717) is 30.8 Å². The Morgan fingerprint density at radius 1 is 1.17 bits per heavy atom. The lowest BCUT2D eigenvalue weighted by Crippen LogP contribution is -2.46. The predicted octanol–water partition coefficient (Wildman–Crippen LogP) is 2.84. The Hall–Kier alpha value is -1.55. The van der Waals surface area contributed by atoms with Gasteiger partial charge in [0.25, 0.3) is 0 Å². The van der Waals surface area contributed by atoms with Crippen molar-refractivity contribution in [3.8, 4) is 0 Å².